The number of aliphatic hydroxyl groups is 1. The van der Waals surface area contributed by atoms with Gasteiger partial charge in [0.2, 0.25) is 0 Å². The molecule has 1 heterocycles. The van der Waals surface area contributed by atoms with Gasteiger partial charge in [-0.05, 0) is 25.0 Å². The predicted molar refractivity (Wildman–Crippen MR) is 58.6 cm³/mol. The fraction of sp³-hybridized carbons (Fsp3) is 0.545. The van der Waals surface area contributed by atoms with E-state index in [9.17, 15) is 13.2 Å². The van der Waals surface area contributed by atoms with Crippen molar-refractivity contribution in [1.29, 1.82) is 0 Å². The van der Waals surface area contributed by atoms with Crippen molar-refractivity contribution in [1.82, 2.24) is 4.98 Å². The summed E-state index contributed by atoms with van der Waals surface area (Å²) in [6.07, 6.45) is -3.25. The Morgan fingerprint density at radius 3 is 2.65 bits per heavy atom. The highest BCUT2D eigenvalue weighted by molar-refractivity contribution is 5.37. The van der Waals surface area contributed by atoms with E-state index in [1.54, 1.807) is 0 Å². The first-order valence-corrected chi connectivity index (χ1v) is 5.39. The molecule has 1 unspecified atom stereocenters. The molecule has 17 heavy (non-hydrogen) atoms. The first-order chi connectivity index (χ1) is 7.97. The summed E-state index contributed by atoms with van der Waals surface area (Å²) in [4.78, 5) is 3.50. The lowest BCUT2D eigenvalue weighted by molar-refractivity contribution is -0.141. The van der Waals surface area contributed by atoms with E-state index >= 15 is 0 Å². The van der Waals surface area contributed by atoms with Gasteiger partial charge in [0.05, 0.1) is 0 Å². The third-order valence-electron chi connectivity index (χ3n) is 2.36. The van der Waals surface area contributed by atoms with E-state index in [1.807, 2.05) is 6.92 Å². The first-order valence-electron chi connectivity index (χ1n) is 5.39. The molecular formula is C11H15F3N2O. The van der Waals surface area contributed by atoms with E-state index in [2.05, 4.69) is 10.3 Å². The highest BCUT2D eigenvalue weighted by Gasteiger charge is 2.32. The van der Waals surface area contributed by atoms with Crippen molar-refractivity contribution in [2.75, 3.05) is 11.9 Å². The molecule has 0 aromatic carbocycles. The van der Waals surface area contributed by atoms with Crippen molar-refractivity contribution in [3.05, 3.63) is 23.9 Å². The van der Waals surface area contributed by atoms with Crippen LogP contribution in [-0.4, -0.2) is 22.7 Å². The third kappa shape index (κ3) is 4.22. The van der Waals surface area contributed by atoms with Crippen LogP contribution in [0.4, 0.5) is 19.0 Å². The maximum atomic E-state index is 12.4. The molecule has 2 N–H and O–H groups in total. The summed E-state index contributed by atoms with van der Waals surface area (Å²) in [6, 6.07) is 3.65. The Hall–Kier alpha value is -1.30. The Bertz CT molecular complexity index is 355. The van der Waals surface area contributed by atoms with Crippen molar-refractivity contribution in [3.8, 4) is 0 Å². The first kappa shape index (κ1) is 13.8. The fourth-order valence-electron chi connectivity index (χ4n) is 1.42. The van der Waals surface area contributed by atoms with Gasteiger partial charge in [-0.3, -0.25) is 0 Å². The minimum atomic E-state index is -4.43. The molecule has 0 amide bonds. The molecule has 0 saturated carbocycles. The number of rotatable bonds is 5. The van der Waals surface area contributed by atoms with Crippen LogP contribution in [0.3, 0.4) is 0 Å². The zero-order valence-corrected chi connectivity index (χ0v) is 9.46. The standard InChI is InChI=1S/C11H15F3N2O/c1-2-8(6-7-17)15-10-5-3-4-9(16-10)11(12,13)14/h3-5,8,17H,2,6-7H2,1H3,(H,15,16). The van der Waals surface area contributed by atoms with Crippen LogP contribution in [0.25, 0.3) is 0 Å². The number of nitrogens with one attached hydrogen (secondary N) is 1. The molecule has 0 radical (unpaired) electrons. The average molecular weight is 248 g/mol. The largest absolute Gasteiger partial charge is 0.433 e. The fourth-order valence-corrected chi connectivity index (χ4v) is 1.42. The van der Waals surface area contributed by atoms with Gasteiger partial charge >= 0.3 is 6.18 Å². The topological polar surface area (TPSA) is 45.1 Å². The van der Waals surface area contributed by atoms with Crippen LogP contribution in [0.15, 0.2) is 18.2 Å². The molecule has 0 fully saturated rings. The maximum Gasteiger partial charge on any atom is 0.433 e. The summed E-state index contributed by atoms with van der Waals surface area (Å²) in [5.74, 6) is 0.181. The van der Waals surface area contributed by atoms with Crippen molar-refractivity contribution < 1.29 is 18.3 Å². The number of hydrogen-bond donors (Lipinski definition) is 2. The molecule has 96 valence electrons. The molecule has 6 heteroatoms. The Labute approximate surface area is 97.7 Å². The third-order valence-corrected chi connectivity index (χ3v) is 2.36. The van der Waals surface area contributed by atoms with Gasteiger partial charge in [0.1, 0.15) is 11.5 Å². The number of halogens is 3. The van der Waals surface area contributed by atoms with Gasteiger partial charge in [-0.2, -0.15) is 13.2 Å². The average Bonchev–Trinajstić information content (AvgIpc) is 2.28. The van der Waals surface area contributed by atoms with E-state index in [4.69, 9.17) is 5.11 Å². The SMILES string of the molecule is CCC(CCO)Nc1cccc(C(F)(F)F)n1. The molecule has 0 saturated heterocycles. The van der Waals surface area contributed by atoms with Crippen LogP contribution >= 0.6 is 0 Å². The van der Waals surface area contributed by atoms with E-state index in [0.717, 1.165) is 6.07 Å². The molecule has 0 bridgehead atoms. The number of anilines is 1. The van der Waals surface area contributed by atoms with Gasteiger partial charge in [-0.15, -0.1) is 0 Å². The summed E-state index contributed by atoms with van der Waals surface area (Å²) in [7, 11) is 0. The summed E-state index contributed by atoms with van der Waals surface area (Å²) in [5.41, 5.74) is -0.915. The zero-order valence-electron chi connectivity index (χ0n) is 9.46. The van der Waals surface area contributed by atoms with Crippen LogP contribution in [0, 0.1) is 0 Å². The van der Waals surface area contributed by atoms with Crippen molar-refractivity contribution in [2.45, 2.75) is 32.0 Å². The summed E-state index contributed by atoms with van der Waals surface area (Å²) < 4.78 is 37.2. The van der Waals surface area contributed by atoms with Crippen LogP contribution in [0.5, 0.6) is 0 Å². The molecule has 1 aromatic heterocycles. The molecule has 1 rings (SSSR count). The Balaban J connectivity index is 2.78. The monoisotopic (exact) mass is 248 g/mol. The van der Waals surface area contributed by atoms with Crippen molar-refractivity contribution in [2.24, 2.45) is 0 Å². The number of pyridine rings is 1. The Kier molecular flexibility index (Phi) is 4.74. The predicted octanol–water partition coefficient (Wildman–Crippen LogP) is 2.67. The lowest BCUT2D eigenvalue weighted by atomic mass is 10.1. The van der Waals surface area contributed by atoms with Crippen LogP contribution in [0.1, 0.15) is 25.5 Å². The van der Waals surface area contributed by atoms with Crippen molar-refractivity contribution in [3.63, 3.8) is 0 Å². The van der Waals surface area contributed by atoms with Crippen molar-refractivity contribution >= 4 is 5.82 Å². The number of alkyl halides is 3. The normalized spacial score (nSPS) is 13.5. The lowest BCUT2D eigenvalue weighted by Crippen LogP contribution is -2.21. The molecule has 0 aliphatic carbocycles. The maximum absolute atomic E-state index is 12.4. The zero-order chi connectivity index (χ0) is 12.9. The van der Waals surface area contributed by atoms with Crippen LogP contribution in [0.2, 0.25) is 0 Å². The number of aromatic nitrogens is 1. The second-order valence-corrected chi connectivity index (χ2v) is 3.67. The molecule has 0 aliphatic heterocycles. The second-order valence-electron chi connectivity index (χ2n) is 3.67. The second kappa shape index (κ2) is 5.86. The molecule has 1 atom stereocenters. The molecule has 0 spiro atoms. The molecule has 1 aromatic rings. The number of aliphatic hydroxyl groups excluding tert-OH is 1. The highest BCUT2D eigenvalue weighted by atomic mass is 19.4. The van der Waals surface area contributed by atoms with E-state index < -0.39 is 11.9 Å². The van der Waals surface area contributed by atoms with Gasteiger partial charge in [0.15, 0.2) is 0 Å². The Morgan fingerprint density at radius 1 is 1.41 bits per heavy atom. The van der Waals surface area contributed by atoms with E-state index in [-0.39, 0.29) is 18.5 Å². The minimum absolute atomic E-state index is 0.00946. The van der Waals surface area contributed by atoms with E-state index in [0.29, 0.717) is 12.8 Å². The lowest BCUT2D eigenvalue weighted by Gasteiger charge is -2.17. The smallest absolute Gasteiger partial charge is 0.396 e. The van der Waals surface area contributed by atoms with Gasteiger partial charge in [0, 0.05) is 12.6 Å². The quantitative estimate of drug-likeness (QED) is 0.842. The highest BCUT2D eigenvalue weighted by Crippen LogP contribution is 2.28. The summed E-state index contributed by atoms with van der Waals surface area (Å²) >= 11 is 0. The van der Waals surface area contributed by atoms with Gasteiger partial charge < -0.3 is 10.4 Å². The van der Waals surface area contributed by atoms with Gasteiger partial charge in [0.25, 0.3) is 0 Å². The van der Waals surface area contributed by atoms with Crippen LogP contribution < -0.4 is 5.32 Å². The number of hydrogen-bond acceptors (Lipinski definition) is 3. The molecule has 3 nitrogen and oxygen atoms in total. The summed E-state index contributed by atoms with van der Waals surface area (Å²) in [5, 5.41) is 11.7. The van der Waals surface area contributed by atoms with Crippen LogP contribution in [-0.2, 0) is 6.18 Å². The van der Waals surface area contributed by atoms with Gasteiger partial charge in [-0.1, -0.05) is 13.0 Å². The van der Waals surface area contributed by atoms with Gasteiger partial charge in [-0.25, -0.2) is 4.98 Å². The Morgan fingerprint density at radius 2 is 2.12 bits per heavy atom. The molecule has 0 aliphatic rings. The minimum Gasteiger partial charge on any atom is -0.396 e. The van der Waals surface area contributed by atoms with E-state index in [1.165, 1.54) is 12.1 Å². The number of nitrogens with zero attached hydrogens (tertiary/aromatic N) is 1. The molecular weight excluding hydrogens is 233 g/mol. The summed E-state index contributed by atoms with van der Waals surface area (Å²) in [6.45, 7) is 1.88.